The second-order valence-corrected chi connectivity index (χ2v) is 8.31. The summed E-state index contributed by atoms with van der Waals surface area (Å²) in [5, 5.41) is 3.52. The van der Waals surface area contributed by atoms with E-state index >= 15 is 0 Å². The topological polar surface area (TPSA) is 76.9 Å². The molecule has 0 aliphatic carbocycles. The van der Waals surface area contributed by atoms with Crippen LogP contribution in [0.1, 0.15) is 33.6 Å². The van der Waals surface area contributed by atoms with Gasteiger partial charge in [0.1, 0.15) is 15.9 Å². The molecule has 0 spiro atoms. The molecule has 3 rings (SSSR count). The Morgan fingerprint density at radius 1 is 1.29 bits per heavy atom. The van der Waals surface area contributed by atoms with Gasteiger partial charge in [0.15, 0.2) is 5.16 Å². The summed E-state index contributed by atoms with van der Waals surface area (Å²) in [6, 6.07) is 9.87. The molecule has 148 valence electrons. The number of carbonyl (C=O) groups is 1. The van der Waals surface area contributed by atoms with E-state index in [-0.39, 0.29) is 23.3 Å². The average Bonchev–Trinajstić information content (AvgIpc) is 3.13. The van der Waals surface area contributed by atoms with Crippen LogP contribution in [0.25, 0.3) is 21.5 Å². The number of fused-ring (bicyclic) bond motifs is 1. The van der Waals surface area contributed by atoms with E-state index in [1.165, 1.54) is 23.3 Å². The van der Waals surface area contributed by atoms with Gasteiger partial charge in [-0.05, 0) is 31.3 Å². The van der Waals surface area contributed by atoms with Gasteiger partial charge in [-0.2, -0.15) is 4.37 Å². The van der Waals surface area contributed by atoms with Gasteiger partial charge in [0.25, 0.3) is 5.56 Å². The number of rotatable bonds is 8. The molecule has 1 N–H and O–H groups in total. The van der Waals surface area contributed by atoms with Gasteiger partial charge in [-0.1, -0.05) is 55.9 Å². The number of thioether (sulfide) groups is 1. The zero-order chi connectivity index (χ0) is 20.1. The number of amides is 1. The van der Waals surface area contributed by atoms with Gasteiger partial charge in [0.05, 0.1) is 5.75 Å². The Balaban J connectivity index is 1.99. The van der Waals surface area contributed by atoms with Crippen LogP contribution in [0.4, 0.5) is 0 Å². The van der Waals surface area contributed by atoms with Crippen molar-refractivity contribution in [1.82, 2.24) is 19.2 Å². The SMILES string of the molecule is CCCn1c(SCC(=O)N[C@@H](C)CC)nc2c(-c3ccccc3)nsc2c1=O. The maximum atomic E-state index is 13.0. The summed E-state index contributed by atoms with van der Waals surface area (Å²) in [5.41, 5.74) is 2.17. The fraction of sp³-hybridized carbons (Fsp3) is 0.400. The maximum Gasteiger partial charge on any atom is 0.273 e. The van der Waals surface area contributed by atoms with Gasteiger partial charge < -0.3 is 5.32 Å². The van der Waals surface area contributed by atoms with Crippen molar-refractivity contribution in [2.24, 2.45) is 0 Å². The number of hydrogen-bond donors (Lipinski definition) is 1. The van der Waals surface area contributed by atoms with E-state index in [1.54, 1.807) is 4.57 Å². The zero-order valence-electron chi connectivity index (χ0n) is 16.3. The predicted octanol–water partition coefficient (Wildman–Crippen LogP) is 3.94. The Morgan fingerprint density at radius 3 is 2.71 bits per heavy atom. The molecule has 1 amide bonds. The number of hydrogen-bond acceptors (Lipinski definition) is 6. The van der Waals surface area contributed by atoms with Gasteiger partial charge in [0.2, 0.25) is 5.91 Å². The van der Waals surface area contributed by atoms with E-state index in [2.05, 4.69) is 9.69 Å². The molecule has 1 aromatic carbocycles. The zero-order valence-corrected chi connectivity index (χ0v) is 17.9. The molecule has 2 aromatic heterocycles. The van der Waals surface area contributed by atoms with Crippen molar-refractivity contribution in [3.8, 4) is 11.3 Å². The molecular weight excluding hydrogens is 392 g/mol. The molecular formula is C20H24N4O2S2. The summed E-state index contributed by atoms with van der Waals surface area (Å²) in [6.07, 6.45) is 1.69. The fourth-order valence-corrected chi connectivity index (χ4v) is 4.38. The molecule has 0 aliphatic rings. The van der Waals surface area contributed by atoms with Crippen LogP contribution in [0.2, 0.25) is 0 Å². The Labute approximate surface area is 172 Å². The second-order valence-electron chi connectivity index (χ2n) is 6.59. The fourth-order valence-electron chi connectivity index (χ4n) is 2.76. The van der Waals surface area contributed by atoms with Crippen molar-refractivity contribution in [1.29, 1.82) is 0 Å². The largest absolute Gasteiger partial charge is 0.353 e. The minimum absolute atomic E-state index is 0.0523. The summed E-state index contributed by atoms with van der Waals surface area (Å²) in [6.45, 7) is 6.59. The first-order valence-electron chi connectivity index (χ1n) is 9.42. The van der Waals surface area contributed by atoms with Crippen LogP contribution >= 0.6 is 23.3 Å². The molecule has 0 radical (unpaired) electrons. The lowest BCUT2D eigenvalue weighted by molar-refractivity contribution is -0.119. The lowest BCUT2D eigenvalue weighted by Crippen LogP contribution is -2.33. The van der Waals surface area contributed by atoms with Gasteiger partial charge >= 0.3 is 0 Å². The van der Waals surface area contributed by atoms with E-state index in [0.29, 0.717) is 27.6 Å². The van der Waals surface area contributed by atoms with Crippen molar-refractivity contribution in [3.63, 3.8) is 0 Å². The Bertz CT molecular complexity index is 1010. The highest BCUT2D eigenvalue weighted by atomic mass is 32.2. The number of aromatic nitrogens is 3. The summed E-state index contributed by atoms with van der Waals surface area (Å²) >= 11 is 2.49. The highest BCUT2D eigenvalue weighted by Gasteiger charge is 2.19. The minimum atomic E-state index is -0.0867. The van der Waals surface area contributed by atoms with Crippen molar-refractivity contribution in [2.75, 3.05) is 5.75 Å². The quantitative estimate of drug-likeness (QED) is 0.445. The highest BCUT2D eigenvalue weighted by Crippen LogP contribution is 2.29. The number of nitrogens with one attached hydrogen (secondary N) is 1. The van der Waals surface area contributed by atoms with Crippen LogP contribution < -0.4 is 10.9 Å². The monoisotopic (exact) mass is 416 g/mol. The predicted molar refractivity (Wildman–Crippen MR) is 116 cm³/mol. The first-order valence-corrected chi connectivity index (χ1v) is 11.2. The van der Waals surface area contributed by atoms with Crippen molar-refractivity contribution >= 4 is 39.4 Å². The smallest absolute Gasteiger partial charge is 0.273 e. The molecule has 1 atom stereocenters. The van der Waals surface area contributed by atoms with Gasteiger partial charge in [0, 0.05) is 18.2 Å². The summed E-state index contributed by atoms with van der Waals surface area (Å²) in [5.74, 6) is 0.174. The van der Waals surface area contributed by atoms with Crippen molar-refractivity contribution in [2.45, 2.75) is 51.4 Å². The molecule has 0 aliphatic heterocycles. The average molecular weight is 417 g/mol. The lowest BCUT2D eigenvalue weighted by atomic mass is 10.1. The molecule has 0 saturated heterocycles. The van der Waals surface area contributed by atoms with Gasteiger partial charge in [-0.25, -0.2) is 4.98 Å². The molecule has 6 nitrogen and oxygen atoms in total. The van der Waals surface area contributed by atoms with Crippen molar-refractivity contribution < 1.29 is 4.79 Å². The first-order chi connectivity index (χ1) is 13.5. The van der Waals surface area contributed by atoms with E-state index in [0.717, 1.165) is 18.4 Å². The molecule has 0 fully saturated rings. The molecule has 0 unspecified atom stereocenters. The Kier molecular flexibility index (Phi) is 6.85. The van der Waals surface area contributed by atoms with Crippen LogP contribution in [-0.4, -0.2) is 31.6 Å². The maximum absolute atomic E-state index is 13.0. The normalized spacial score (nSPS) is 12.2. The molecule has 0 bridgehead atoms. The Hall–Kier alpha value is -2.19. The molecule has 28 heavy (non-hydrogen) atoms. The first kappa shape index (κ1) is 20.5. The number of nitrogens with zero attached hydrogens (tertiary/aromatic N) is 3. The number of benzene rings is 1. The lowest BCUT2D eigenvalue weighted by Gasteiger charge is -2.13. The number of carbonyl (C=O) groups excluding carboxylic acids is 1. The summed E-state index contributed by atoms with van der Waals surface area (Å²) in [7, 11) is 0. The highest BCUT2D eigenvalue weighted by molar-refractivity contribution is 7.99. The third-order valence-corrected chi connectivity index (χ3v) is 6.19. The molecule has 8 heteroatoms. The summed E-state index contributed by atoms with van der Waals surface area (Å²) < 4.78 is 6.71. The van der Waals surface area contributed by atoms with E-state index in [1.807, 2.05) is 51.1 Å². The standard InChI is InChI=1S/C20H24N4O2S2/c1-4-11-24-19(26)18-17(16(23-28-18)14-9-7-6-8-10-14)22-20(24)27-12-15(25)21-13(3)5-2/h6-10,13H,4-5,11-12H2,1-3H3,(H,21,25)/t13-/m0/s1. The van der Waals surface area contributed by atoms with Crippen molar-refractivity contribution in [3.05, 3.63) is 40.7 Å². The van der Waals surface area contributed by atoms with Gasteiger partial charge in [-0.15, -0.1) is 0 Å². The van der Waals surface area contributed by atoms with Crippen LogP contribution in [0.5, 0.6) is 0 Å². The van der Waals surface area contributed by atoms with Crippen LogP contribution in [0.15, 0.2) is 40.3 Å². The van der Waals surface area contributed by atoms with E-state index in [4.69, 9.17) is 4.98 Å². The van der Waals surface area contributed by atoms with E-state index < -0.39 is 0 Å². The van der Waals surface area contributed by atoms with Crippen LogP contribution in [0, 0.1) is 0 Å². The van der Waals surface area contributed by atoms with E-state index in [9.17, 15) is 9.59 Å². The van der Waals surface area contributed by atoms with Gasteiger partial charge in [-0.3, -0.25) is 14.2 Å². The molecule has 2 heterocycles. The third-order valence-electron chi connectivity index (χ3n) is 4.39. The van der Waals surface area contributed by atoms with Crippen LogP contribution in [0.3, 0.4) is 0 Å². The minimum Gasteiger partial charge on any atom is -0.353 e. The molecule has 0 saturated carbocycles. The molecule has 3 aromatic rings. The Morgan fingerprint density at radius 2 is 2.04 bits per heavy atom. The second kappa shape index (κ2) is 9.34. The van der Waals surface area contributed by atoms with Crippen LogP contribution in [-0.2, 0) is 11.3 Å². The third kappa shape index (κ3) is 4.44. The summed E-state index contributed by atoms with van der Waals surface area (Å²) in [4.78, 5) is 30.0.